The molecule has 0 bridgehead atoms. The molecule has 16 aromatic carbocycles. The van der Waals surface area contributed by atoms with E-state index in [1.165, 1.54) is 141 Å². The van der Waals surface area contributed by atoms with Crippen LogP contribution in [0.15, 0.2) is 273 Å². The molecule has 0 saturated heterocycles. The summed E-state index contributed by atoms with van der Waals surface area (Å²) in [6, 6.07) is 99.3. The molecule has 0 N–H and O–H groups in total. The molecule has 0 saturated carbocycles. The van der Waals surface area contributed by atoms with Crippen molar-refractivity contribution in [1.82, 2.24) is 0 Å². The van der Waals surface area contributed by atoms with Crippen LogP contribution in [0, 0.1) is 0 Å². The van der Waals surface area contributed by atoms with Crippen molar-refractivity contribution in [1.29, 1.82) is 0 Å². The van der Waals surface area contributed by atoms with Crippen molar-refractivity contribution in [3.63, 3.8) is 0 Å². The minimum Gasteiger partial charge on any atom is -0.483 e. The van der Waals surface area contributed by atoms with Crippen molar-refractivity contribution in [2.75, 3.05) is 0 Å². The van der Waals surface area contributed by atoms with Crippen LogP contribution in [0.3, 0.4) is 0 Å². The molecule has 488 valence electrons. The summed E-state index contributed by atoms with van der Waals surface area (Å²) in [7, 11) is 0. The first-order chi connectivity index (χ1) is 47.3. The van der Waals surface area contributed by atoms with Crippen molar-refractivity contribution >= 4 is 108 Å². The first-order valence-corrected chi connectivity index (χ1v) is 35.5. The van der Waals surface area contributed by atoms with Crippen molar-refractivity contribution < 1.29 is 14.2 Å². The third-order valence-corrected chi connectivity index (χ3v) is 21.2. The summed E-state index contributed by atoms with van der Waals surface area (Å²) >= 11 is 0. The van der Waals surface area contributed by atoms with Crippen molar-refractivity contribution in [3.8, 4) is 17.2 Å². The molecule has 3 heteroatoms. The average molecular weight is 1280 g/mol. The van der Waals surface area contributed by atoms with E-state index in [1.54, 1.807) is 0 Å². The molecule has 0 spiro atoms. The molecule has 0 aliphatic rings. The zero-order chi connectivity index (χ0) is 68.0. The molecule has 0 aromatic heterocycles. The first-order valence-electron chi connectivity index (χ1n) is 35.5. The molecule has 3 unspecified atom stereocenters. The van der Waals surface area contributed by atoms with Crippen LogP contribution in [0.2, 0.25) is 0 Å². The molecule has 0 aliphatic carbocycles. The highest BCUT2D eigenvalue weighted by molar-refractivity contribution is 6.23. The Morgan fingerprint density at radius 3 is 0.969 bits per heavy atom. The van der Waals surface area contributed by atoms with Gasteiger partial charge in [-0.05, 0) is 317 Å². The smallest absolute Gasteiger partial charge is 0.128 e. The van der Waals surface area contributed by atoms with E-state index < -0.39 is 16.8 Å². The molecule has 3 atom stereocenters. The van der Waals surface area contributed by atoms with Gasteiger partial charge >= 0.3 is 0 Å². The first kappa shape index (κ1) is 65.1. The van der Waals surface area contributed by atoms with Gasteiger partial charge in [0.15, 0.2) is 0 Å². The van der Waals surface area contributed by atoms with Gasteiger partial charge in [-0.2, -0.15) is 0 Å². The number of hydrogen-bond donors (Lipinski definition) is 0. The van der Waals surface area contributed by atoms with Crippen molar-refractivity contribution in [2.24, 2.45) is 0 Å². The Morgan fingerprint density at radius 1 is 0.235 bits per heavy atom. The van der Waals surface area contributed by atoms with Gasteiger partial charge in [0.1, 0.15) is 34.1 Å². The highest BCUT2D eigenvalue weighted by Gasteiger charge is 2.27. The second-order valence-corrected chi connectivity index (χ2v) is 29.0. The van der Waals surface area contributed by atoms with Gasteiger partial charge < -0.3 is 14.2 Å². The Balaban J connectivity index is 0.000000126. The minimum atomic E-state index is -0.441. The number of fused-ring (bicyclic) bond motifs is 9. The quantitative estimate of drug-likeness (QED) is 0.0756. The number of benzene rings is 16. The summed E-state index contributed by atoms with van der Waals surface area (Å²) in [6.45, 7) is 26.4. The van der Waals surface area contributed by atoms with Gasteiger partial charge in [0.2, 0.25) is 0 Å². The van der Waals surface area contributed by atoms with Gasteiger partial charge in [0.05, 0.1) is 0 Å². The van der Waals surface area contributed by atoms with Gasteiger partial charge in [-0.25, -0.2) is 0 Å². The zero-order valence-corrected chi connectivity index (χ0v) is 59.1. The van der Waals surface area contributed by atoms with Gasteiger partial charge in [-0.1, -0.05) is 217 Å². The monoisotopic (exact) mass is 1280 g/mol. The molecular weight excluding hydrogens is 1190 g/mol. The van der Waals surface area contributed by atoms with Gasteiger partial charge in [-0.15, -0.1) is 0 Å². The third kappa shape index (κ3) is 13.1. The fourth-order valence-corrected chi connectivity index (χ4v) is 14.5. The number of hydrogen-bond acceptors (Lipinski definition) is 3. The Morgan fingerprint density at radius 2 is 0.520 bits per heavy atom. The van der Waals surface area contributed by atoms with Crippen LogP contribution in [-0.2, 0) is 16.8 Å². The maximum Gasteiger partial charge on any atom is 0.128 e. The van der Waals surface area contributed by atoms with E-state index in [2.05, 4.69) is 356 Å². The lowest BCUT2D eigenvalue weighted by Crippen LogP contribution is -2.25. The normalized spacial score (nSPS) is 13.1. The van der Waals surface area contributed by atoms with Crippen LogP contribution in [0.5, 0.6) is 17.2 Å². The molecule has 16 aromatic rings. The highest BCUT2D eigenvalue weighted by atomic mass is 16.5. The van der Waals surface area contributed by atoms with E-state index >= 15 is 0 Å². The summed E-state index contributed by atoms with van der Waals surface area (Å²) < 4.78 is 19.4. The Labute approximate surface area is 579 Å². The topological polar surface area (TPSA) is 27.7 Å². The van der Waals surface area contributed by atoms with Crippen LogP contribution < -0.4 is 14.2 Å². The minimum absolute atomic E-state index is 0.426. The Kier molecular flexibility index (Phi) is 17.7. The molecule has 0 heterocycles. The van der Waals surface area contributed by atoms with Crippen LogP contribution in [0.25, 0.3) is 108 Å². The highest BCUT2D eigenvalue weighted by Crippen LogP contribution is 2.41. The lowest BCUT2D eigenvalue weighted by atomic mass is 9.89. The predicted molar refractivity (Wildman–Crippen MR) is 422 cm³/mol. The van der Waals surface area contributed by atoms with Crippen molar-refractivity contribution in [3.05, 3.63) is 306 Å². The molecule has 0 aliphatic heterocycles. The number of ether oxygens (including phenoxy) is 3. The van der Waals surface area contributed by atoms with Crippen LogP contribution in [-0.4, -0.2) is 0 Å². The van der Waals surface area contributed by atoms with Crippen LogP contribution in [0.4, 0.5) is 0 Å². The molecular formula is C95H90O3. The van der Waals surface area contributed by atoms with Gasteiger partial charge in [0, 0.05) is 0 Å². The van der Waals surface area contributed by atoms with Gasteiger partial charge in [-0.3, -0.25) is 0 Å². The summed E-state index contributed by atoms with van der Waals surface area (Å²) in [5.74, 6) is 4.45. The molecule has 0 radical (unpaired) electrons. The summed E-state index contributed by atoms with van der Waals surface area (Å²) in [5, 5.41) is 25.7. The lowest BCUT2D eigenvalue weighted by molar-refractivity contribution is 0.108. The van der Waals surface area contributed by atoms with E-state index in [0.717, 1.165) is 36.5 Å². The fourth-order valence-electron chi connectivity index (χ4n) is 14.5. The maximum absolute atomic E-state index is 6.49. The largest absolute Gasteiger partial charge is 0.483 e. The lowest BCUT2D eigenvalue weighted by Gasteiger charge is -2.28. The second kappa shape index (κ2) is 26.7. The predicted octanol–water partition coefficient (Wildman–Crippen LogP) is 27.5. The molecule has 3 nitrogen and oxygen atoms in total. The molecule has 0 amide bonds. The van der Waals surface area contributed by atoms with E-state index in [0.29, 0.717) is 17.8 Å². The van der Waals surface area contributed by atoms with Crippen LogP contribution >= 0.6 is 0 Å². The second-order valence-electron chi connectivity index (χ2n) is 29.0. The Hall–Kier alpha value is -10.2. The summed E-state index contributed by atoms with van der Waals surface area (Å²) in [6.07, 6.45) is 3.44. The van der Waals surface area contributed by atoms with E-state index in [-0.39, 0.29) is 0 Å². The summed E-state index contributed by atoms with van der Waals surface area (Å²) in [5.41, 5.74) is 6.34. The summed E-state index contributed by atoms with van der Waals surface area (Å²) in [4.78, 5) is 0. The zero-order valence-electron chi connectivity index (χ0n) is 59.1. The SMILES string of the molecule is CCC(C)c1ccc(OC(C)(C)c2cc3ccc4cccc5ccc(c2)c3c45)cc1.CCC(C)c1ccc(OC(C)(C)c2ccc3c(ccc4c5ccccc5ccc34)c2)cc1.CCC(C)c1ccc(OC(C)(C)c2ccc3cc4cc5cc6ccccc6cc5cc4cc3c2)cc1. The van der Waals surface area contributed by atoms with E-state index in [9.17, 15) is 0 Å². The van der Waals surface area contributed by atoms with Crippen molar-refractivity contribution in [2.45, 2.75) is 137 Å². The molecule has 98 heavy (non-hydrogen) atoms. The van der Waals surface area contributed by atoms with Crippen LogP contribution in [0.1, 0.15) is 153 Å². The van der Waals surface area contributed by atoms with E-state index in [1.807, 2.05) is 0 Å². The Bertz CT molecular complexity index is 5500. The van der Waals surface area contributed by atoms with E-state index in [4.69, 9.17) is 14.2 Å². The fraction of sp³-hybridized carbons (Fsp3) is 0.221. The third-order valence-electron chi connectivity index (χ3n) is 21.2. The molecule has 0 fully saturated rings. The average Bonchev–Trinajstić information content (AvgIpc) is 0.753. The maximum atomic E-state index is 6.49. The molecule has 16 rings (SSSR count). The van der Waals surface area contributed by atoms with Gasteiger partial charge in [0.25, 0.3) is 0 Å². The number of rotatable bonds is 15. The standard InChI is InChI=1S/C35H32O.C31H30O.C29H28O/c1-5-23(2)24-11-14-34(15-12-24)36-35(3,4)33-13-10-27-18-30-19-28-16-25-8-6-7-9-26(25)17-29(28)20-31(30)21-32(27)22-33;1-5-21(2)22-10-15-26(16-11-22)32-31(3,4)25-14-19-28-24(20-25)13-18-29-27-9-7-6-8-23(27)12-17-30(28)29;1-5-19(2)20-13-15-26(16-14-20)30-29(3,4)25-17-23-11-9-21-7-6-8-22-10-12-24(18-25)28(23)27(21)22/h6-23H,5H2,1-4H3;6-21H,5H2,1-4H3;6-19H,5H2,1-4H3.